The van der Waals surface area contributed by atoms with Crippen molar-refractivity contribution in [1.82, 2.24) is 4.90 Å². The average Bonchev–Trinajstić information content (AvgIpc) is 3.05. The molecule has 0 aromatic rings. The van der Waals surface area contributed by atoms with Gasteiger partial charge in [-0.2, -0.15) is 24.9 Å². The molecule has 7 heteroatoms. The van der Waals surface area contributed by atoms with Crippen molar-refractivity contribution in [2.24, 2.45) is 34.5 Å². The number of amides is 1. The standard InChI is InChI=1S/C26H38F3NO2S/c1-16-14-18-19-6-7-22(31)25(19,3)11-9-20(18)24(2)10-8-17(15-21(16)24)33-13-5-12-30(4)23(32)26(27,28)29/h17-21H,1,5-15H2,2-4H3/t17-,18+,19+,20+,21?,24-,25+/m1/s1. The summed E-state index contributed by atoms with van der Waals surface area (Å²) < 4.78 is 37.6. The van der Waals surface area contributed by atoms with E-state index in [1.54, 1.807) is 0 Å². The van der Waals surface area contributed by atoms with Gasteiger partial charge in [0, 0.05) is 30.7 Å². The highest BCUT2D eigenvalue weighted by molar-refractivity contribution is 7.99. The van der Waals surface area contributed by atoms with Crippen molar-refractivity contribution < 1.29 is 22.8 Å². The fourth-order valence-electron chi connectivity index (χ4n) is 8.00. The average molecular weight is 486 g/mol. The van der Waals surface area contributed by atoms with Gasteiger partial charge in [-0.3, -0.25) is 9.59 Å². The highest BCUT2D eigenvalue weighted by Crippen LogP contribution is 2.66. The second-order valence-electron chi connectivity index (χ2n) is 11.6. The monoisotopic (exact) mass is 485 g/mol. The Bertz CT molecular complexity index is 814. The molecule has 0 radical (unpaired) electrons. The molecule has 0 aromatic carbocycles. The molecule has 0 heterocycles. The second-order valence-corrected chi connectivity index (χ2v) is 13.0. The van der Waals surface area contributed by atoms with Gasteiger partial charge in [-0.15, -0.1) is 0 Å². The summed E-state index contributed by atoms with van der Waals surface area (Å²) in [7, 11) is 1.22. The van der Waals surface area contributed by atoms with Gasteiger partial charge in [-0.25, -0.2) is 0 Å². The molecule has 33 heavy (non-hydrogen) atoms. The first-order valence-corrected chi connectivity index (χ1v) is 13.6. The van der Waals surface area contributed by atoms with Crippen molar-refractivity contribution in [2.45, 2.75) is 83.1 Å². The minimum absolute atomic E-state index is 0.113. The fourth-order valence-corrected chi connectivity index (χ4v) is 9.24. The molecule has 0 aliphatic heterocycles. The zero-order valence-electron chi connectivity index (χ0n) is 20.2. The Kier molecular flexibility index (Phi) is 6.78. The summed E-state index contributed by atoms with van der Waals surface area (Å²) in [5.41, 5.74) is 1.50. The Hall–Kier alpha value is -0.980. The predicted octanol–water partition coefficient (Wildman–Crippen LogP) is 6.28. The molecule has 4 aliphatic rings. The van der Waals surface area contributed by atoms with Crippen LogP contribution in [0.4, 0.5) is 13.2 Å². The Morgan fingerprint density at radius 3 is 2.61 bits per heavy atom. The van der Waals surface area contributed by atoms with E-state index in [1.165, 1.54) is 19.0 Å². The van der Waals surface area contributed by atoms with Crippen LogP contribution >= 0.6 is 11.8 Å². The molecule has 1 unspecified atom stereocenters. The van der Waals surface area contributed by atoms with Crippen molar-refractivity contribution in [3.8, 4) is 0 Å². The quantitative estimate of drug-likeness (QED) is 0.340. The number of alkyl halides is 3. The summed E-state index contributed by atoms with van der Waals surface area (Å²) in [4.78, 5) is 24.7. The number of hydrogen-bond acceptors (Lipinski definition) is 3. The minimum atomic E-state index is -4.79. The van der Waals surface area contributed by atoms with E-state index in [0.717, 1.165) is 55.6 Å². The normalized spacial score (nSPS) is 40.7. The largest absolute Gasteiger partial charge is 0.471 e. The molecule has 3 nitrogen and oxygen atoms in total. The molecule has 186 valence electrons. The van der Waals surface area contributed by atoms with Crippen LogP contribution in [0.1, 0.15) is 71.6 Å². The lowest BCUT2D eigenvalue weighted by atomic mass is 9.44. The zero-order chi connectivity index (χ0) is 24.2. The molecule has 0 saturated heterocycles. The van der Waals surface area contributed by atoms with Gasteiger partial charge in [0.25, 0.3) is 0 Å². The molecular weight excluding hydrogens is 447 g/mol. The topological polar surface area (TPSA) is 37.4 Å². The summed E-state index contributed by atoms with van der Waals surface area (Å²) >= 11 is 1.85. The Balaban J connectivity index is 1.33. The van der Waals surface area contributed by atoms with Gasteiger partial charge in [0.05, 0.1) is 0 Å². The first kappa shape index (κ1) is 25.1. The highest BCUT2D eigenvalue weighted by atomic mass is 32.2. The van der Waals surface area contributed by atoms with E-state index in [1.807, 2.05) is 11.8 Å². The van der Waals surface area contributed by atoms with E-state index in [4.69, 9.17) is 0 Å². The van der Waals surface area contributed by atoms with Gasteiger partial charge >= 0.3 is 12.1 Å². The third kappa shape index (κ3) is 4.40. The van der Waals surface area contributed by atoms with Crippen LogP contribution in [-0.4, -0.2) is 47.4 Å². The van der Waals surface area contributed by atoms with Crippen molar-refractivity contribution in [3.05, 3.63) is 12.2 Å². The van der Waals surface area contributed by atoms with Gasteiger partial charge in [-0.1, -0.05) is 26.0 Å². The molecule has 0 aromatic heterocycles. The van der Waals surface area contributed by atoms with Crippen LogP contribution in [0.3, 0.4) is 0 Å². The highest BCUT2D eigenvalue weighted by Gasteiger charge is 2.60. The number of carbonyl (C=O) groups is 2. The SMILES string of the molecule is C=C1C[C@@H]2[C@H](CC[C@]3(C)C(=O)CC[C@@H]23)[C@@]2(C)CC[C@@H](SCCCN(C)C(=O)C(F)(F)F)CC12. The van der Waals surface area contributed by atoms with E-state index in [9.17, 15) is 22.8 Å². The van der Waals surface area contributed by atoms with E-state index in [2.05, 4.69) is 20.4 Å². The van der Waals surface area contributed by atoms with Gasteiger partial charge in [-0.05, 0) is 86.2 Å². The van der Waals surface area contributed by atoms with Crippen molar-refractivity contribution in [2.75, 3.05) is 19.3 Å². The lowest BCUT2D eigenvalue weighted by molar-refractivity contribution is -0.184. The summed E-state index contributed by atoms with van der Waals surface area (Å²) in [5, 5.41) is 0.502. The predicted molar refractivity (Wildman–Crippen MR) is 126 cm³/mol. The van der Waals surface area contributed by atoms with Crippen LogP contribution in [0.25, 0.3) is 0 Å². The van der Waals surface area contributed by atoms with E-state index >= 15 is 0 Å². The maximum Gasteiger partial charge on any atom is 0.471 e. The molecule has 0 N–H and O–H groups in total. The number of ketones is 1. The molecular formula is C26H38F3NO2S. The summed E-state index contributed by atoms with van der Waals surface area (Å²) in [6.45, 7) is 9.36. The third-order valence-corrected chi connectivity index (χ3v) is 11.3. The Labute approximate surface area is 200 Å². The van der Waals surface area contributed by atoms with Crippen LogP contribution in [0.2, 0.25) is 0 Å². The van der Waals surface area contributed by atoms with Crippen molar-refractivity contribution in [3.63, 3.8) is 0 Å². The smallest absolute Gasteiger partial charge is 0.338 e. The minimum Gasteiger partial charge on any atom is -0.338 e. The lowest BCUT2D eigenvalue weighted by Crippen LogP contribution is -2.54. The van der Waals surface area contributed by atoms with Gasteiger partial charge in [0.2, 0.25) is 0 Å². The van der Waals surface area contributed by atoms with Crippen LogP contribution < -0.4 is 0 Å². The molecule has 1 amide bonds. The van der Waals surface area contributed by atoms with Gasteiger partial charge in [0.15, 0.2) is 0 Å². The van der Waals surface area contributed by atoms with Crippen molar-refractivity contribution >= 4 is 23.5 Å². The van der Waals surface area contributed by atoms with E-state index in [-0.39, 0.29) is 17.4 Å². The maximum atomic E-state index is 12.6. The number of thioether (sulfide) groups is 1. The number of halogens is 3. The summed E-state index contributed by atoms with van der Waals surface area (Å²) in [6.07, 6.45) is 4.22. The number of carbonyl (C=O) groups excluding carboxylic acids is 2. The molecule has 7 atom stereocenters. The van der Waals surface area contributed by atoms with E-state index in [0.29, 0.717) is 41.1 Å². The van der Waals surface area contributed by atoms with Gasteiger partial charge < -0.3 is 4.90 Å². The van der Waals surface area contributed by atoms with E-state index < -0.39 is 12.1 Å². The van der Waals surface area contributed by atoms with Crippen LogP contribution in [0.15, 0.2) is 12.2 Å². The van der Waals surface area contributed by atoms with Crippen LogP contribution in [-0.2, 0) is 9.59 Å². The number of fused-ring (bicyclic) bond motifs is 5. The molecule has 0 bridgehead atoms. The fraction of sp³-hybridized carbons (Fsp3) is 0.846. The molecule has 4 rings (SSSR count). The number of rotatable bonds is 5. The van der Waals surface area contributed by atoms with Gasteiger partial charge in [0.1, 0.15) is 5.78 Å². The third-order valence-electron chi connectivity index (χ3n) is 9.86. The second kappa shape index (κ2) is 8.91. The number of allylic oxidation sites excluding steroid dienone is 1. The number of nitrogens with zero attached hydrogens (tertiary/aromatic N) is 1. The Morgan fingerprint density at radius 2 is 1.91 bits per heavy atom. The summed E-state index contributed by atoms with van der Waals surface area (Å²) in [6, 6.07) is 0. The molecule has 4 aliphatic carbocycles. The maximum absolute atomic E-state index is 12.6. The first-order chi connectivity index (χ1) is 15.4. The van der Waals surface area contributed by atoms with Crippen molar-refractivity contribution in [1.29, 1.82) is 0 Å². The Morgan fingerprint density at radius 1 is 1.18 bits per heavy atom. The molecule has 4 saturated carbocycles. The zero-order valence-corrected chi connectivity index (χ0v) is 21.0. The molecule has 4 fully saturated rings. The lowest BCUT2D eigenvalue weighted by Gasteiger charge is -2.61. The number of hydrogen-bond donors (Lipinski definition) is 0. The molecule has 0 spiro atoms. The number of Topliss-reactive ketones (excluding diaryl/α,β-unsaturated/α-hetero) is 1. The van der Waals surface area contributed by atoms with Crippen LogP contribution in [0, 0.1) is 34.5 Å². The van der Waals surface area contributed by atoms with Crippen LogP contribution in [0.5, 0.6) is 0 Å². The first-order valence-electron chi connectivity index (χ1n) is 12.5. The summed E-state index contributed by atoms with van der Waals surface area (Å²) in [5.74, 6) is 1.76.